The van der Waals surface area contributed by atoms with Gasteiger partial charge in [-0.3, -0.25) is 0 Å². The van der Waals surface area contributed by atoms with Crippen LogP contribution in [0, 0.1) is 0 Å². The van der Waals surface area contributed by atoms with Crippen LogP contribution in [0.15, 0.2) is 47.2 Å². The van der Waals surface area contributed by atoms with Crippen LogP contribution < -0.4 is 0 Å². The molecule has 0 aromatic carbocycles. The number of hydrogen-bond donors (Lipinski definition) is 0. The Kier molecular flexibility index (Phi) is 2.42. The first-order chi connectivity index (χ1) is 8.22. The fourth-order valence-corrected chi connectivity index (χ4v) is 3.87. The van der Waals surface area contributed by atoms with E-state index in [1.807, 2.05) is 35.0 Å². The lowest BCUT2D eigenvalue weighted by Crippen LogP contribution is -2.24. The summed E-state index contributed by atoms with van der Waals surface area (Å²) in [6.45, 7) is 3.78. The molecule has 2 nitrogen and oxygen atoms in total. The van der Waals surface area contributed by atoms with Crippen LogP contribution in [0.25, 0.3) is 0 Å². The van der Waals surface area contributed by atoms with Crippen LogP contribution in [0.2, 0.25) is 0 Å². The summed E-state index contributed by atoms with van der Waals surface area (Å²) in [6.07, 6.45) is 0.548. The largest absolute Gasteiger partial charge is 0.444 e. The van der Waals surface area contributed by atoms with E-state index in [1.165, 1.54) is 0 Å². The molecule has 1 saturated heterocycles. The number of carbonyl (C=O) groups excluding carboxylic acids is 1. The quantitative estimate of drug-likeness (QED) is 0.611. The number of carbonyl (C=O) groups is 1. The lowest BCUT2D eigenvalue weighted by molar-refractivity contribution is -0.143. The second-order valence-corrected chi connectivity index (χ2v) is 5.85. The molecule has 0 atom stereocenters. The predicted octanol–water partition coefficient (Wildman–Crippen LogP) is 3.56. The summed E-state index contributed by atoms with van der Waals surface area (Å²) in [5.41, 5.74) is -0.0805. The molecule has 1 aliphatic heterocycles. The van der Waals surface area contributed by atoms with Gasteiger partial charge in [-0.1, -0.05) is 18.7 Å². The molecule has 1 aliphatic rings. The second-order valence-electron chi connectivity index (χ2n) is 3.95. The molecule has 2 aromatic rings. The molecule has 0 amide bonds. The maximum atomic E-state index is 11.7. The summed E-state index contributed by atoms with van der Waals surface area (Å²) in [5.74, 6) is -0.285. The average Bonchev–Trinajstić information content (AvgIpc) is 3.01. The van der Waals surface area contributed by atoms with Gasteiger partial charge in [-0.25, -0.2) is 4.79 Å². The van der Waals surface area contributed by atoms with Gasteiger partial charge in [0.15, 0.2) is 5.60 Å². The minimum absolute atomic E-state index is 0.285. The fourth-order valence-electron chi connectivity index (χ4n) is 2.05. The maximum absolute atomic E-state index is 11.7. The van der Waals surface area contributed by atoms with E-state index < -0.39 is 5.60 Å². The molecule has 3 rings (SSSR count). The highest BCUT2D eigenvalue weighted by atomic mass is 32.1. The van der Waals surface area contributed by atoms with Crippen molar-refractivity contribution in [3.05, 3.63) is 56.9 Å². The van der Waals surface area contributed by atoms with Gasteiger partial charge in [0.1, 0.15) is 0 Å². The van der Waals surface area contributed by atoms with Crippen LogP contribution in [0.5, 0.6) is 0 Å². The van der Waals surface area contributed by atoms with E-state index in [0.29, 0.717) is 12.0 Å². The van der Waals surface area contributed by atoms with Crippen molar-refractivity contribution in [3.63, 3.8) is 0 Å². The van der Waals surface area contributed by atoms with Gasteiger partial charge in [-0.15, -0.1) is 22.7 Å². The molecule has 0 radical (unpaired) electrons. The van der Waals surface area contributed by atoms with Crippen molar-refractivity contribution in [2.24, 2.45) is 0 Å². The molecule has 0 bridgehead atoms. The van der Waals surface area contributed by atoms with Crippen molar-refractivity contribution in [2.75, 3.05) is 0 Å². The van der Waals surface area contributed by atoms with Crippen LogP contribution in [0.1, 0.15) is 16.2 Å². The van der Waals surface area contributed by atoms with Gasteiger partial charge in [0.25, 0.3) is 0 Å². The van der Waals surface area contributed by atoms with E-state index in [-0.39, 0.29) is 5.97 Å². The molecule has 0 unspecified atom stereocenters. The Morgan fingerprint density at radius 3 is 2.12 bits per heavy atom. The van der Waals surface area contributed by atoms with E-state index in [9.17, 15) is 4.79 Å². The number of hydrogen-bond acceptors (Lipinski definition) is 4. The molecule has 0 saturated carbocycles. The van der Waals surface area contributed by atoms with Crippen molar-refractivity contribution in [1.29, 1.82) is 0 Å². The number of rotatable bonds is 2. The van der Waals surface area contributed by atoms with E-state index in [1.54, 1.807) is 22.7 Å². The van der Waals surface area contributed by atoms with Gasteiger partial charge in [-0.2, -0.15) is 0 Å². The van der Waals surface area contributed by atoms with Crippen LogP contribution >= 0.6 is 22.7 Å². The van der Waals surface area contributed by atoms with E-state index in [2.05, 4.69) is 6.58 Å². The van der Waals surface area contributed by atoms with Gasteiger partial charge < -0.3 is 4.74 Å². The molecule has 0 spiro atoms. The number of cyclic esters (lactones) is 1. The fraction of sp³-hybridized carbons (Fsp3) is 0.154. The predicted molar refractivity (Wildman–Crippen MR) is 69.3 cm³/mol. The summed E-state index contributed by atoms with van der Waals surface area (Å²) in [7, 11) is 0. The highest BCUT2D eigenvalue weighted by Crippen LogP contribution is 2.47. The van der Waals surface area contributed by atoms with Crippen LogP contribution in [0.4, 0.5) is 0 Å². The highest BCUT2D eigenvalue weighted by Gasteiger charge is 2.47. The van der Waals surface area contributed by atoms with Gasteiger partial charge in [0.2, 0.25) is 0 Å². The molecular formula is C13H10O2S2. The van der Waals surface area contributed by atoms with Crippen molar-refractivity contribution in [3.8, 4) is 0 Å². The molecule has 17 heavy (non-hydrogen) atoms. The topological polar surface area (TPSA) is 26.3 Å². The molecule has 3 heterocycles. The smallest absolute Gasteiger partial charge is 0.334 e. The molecule has 1 fully saturated rings. The second kappa shape index (κ2) is 3.82. The normalized spacial score (nSPS) is 18.4. The Bertz CT molecular complexity index is 500. The van der Waals surface area contributed by atoms with Gasteiger partial charge >= 0.3 is 5.97 Å². The molecule has 86 valence electrons. The lowest BCUT2D eigenvalue weighted by Gasteiger charge is -2.24. The first kappa shape index (κ1) is 10.7. The monoisotopic (exact) mass is 262 g/mol. The molecule has 0 aliphatic carbocycles. The third kappa shape index (κ3) is 1.56. The molecule has 2 aromatic heterocycles. The zero-order valence-electron chi connectivity index (χ0n) is 9.01. The third-order valence-electron chi connectivity index (χ3n) is 2.86. The first-order valence-electron chi connectivity index (χ1n) is 5.21. The summed E-state index contributed by atoms with van der Waals surface area (Å²) < 4.78 is 5.63. The van der Waals surface area contributed by atoms with Crippen molar-refractivity contribution in [2.45, 2.75) is 12.0 Å². The van der Waals surface area contributed by atoms with Crippen LogP contribution in [0.3, 0.4) is 0 Å². The summed E-state index contributed by atoms with van der Waals surface area (Å²) in [4.78, 5) is 13.8. The summed E-state index contributed by atoms with van der Waals surface area (Å²) in [5, 5.41) is 4.00. The zero-order valence-corrected chi connectivity index (χ0v) is 10.6. The standard InChI is InChI=1S/C13H10O2S2/c1-9-8-13(15-12(9)14,10-4-2-6-16-10)11-5-3-7-17-11/h2-7H,1,8H2. The minimum Gasteiger partial charge on any atom is -0.444 e. The Labute approximate surface area is 107 Å². The van der Waals surface area contributed by atoms with Crippen LogP contribution in [-0.2, 0) is 15.1 Å². The molecule has 4 heteroatoms. The Hall–Kier alpha value is -1.39. The third-order valence-corrected chi connectivity index (χ3v) is 4.88. The van der Waals surface area contributed by atoms with E-state index in [4.69, 9.17) is 4.74 Å². The first-order valence-corrected chi connectivity index (χ1v) is 6.97. The zero-order chi connectivity index (χ0) is 11.9. The van der Waals surface area contributed by atoms with Crippen molar-refractivity contribution in [1.82, 2.24) is 0 Å². The average molecular weight is 262 g/mol. The summed E-state index contributed by atoms with van der Waals surface area (Å²) >= 11 is 3.22. The SMILES string of the molecule is C=C1CC(c2cccs2)(c2cccs2)OC1=O. The Morgan fingerprint density at radius 2 is 1.76 bits per heavy atom. The van der Waals surface area contributed by atoms with Gasteiger partial charge in [0, 0.05) is 12.0 Å². The molecular weight excluding hydrogens is 252 g/mol. The number of ether oxygens (including phenoxy) is 1. The van der Waals surface area contributed by atoms with Gasteiger partial charge in [-0.05, 0) is 22.9 Å². The number of thiophene rings is 2. The van der Waals surface area contributed by atoms with Crippen LogP contribution in [-0.4, -0.2) is 5.97 Å². The minimum atomic E-state index is -0.628. The van der Waals surface area contributed by atoms with E-state index in [0.717, 1.165) is 9.75 Å². The van der Waals surface area contributed by atoms with Gasteiger partial charge in [0.05, 0.1) is 9.75 Å². The van der Waals surface area contributed by atoms with Crippen molar-refractivity contribution >= 4 is 28.6 Å². The van der Waals surface area contributed by atoms with E-state index >= 15 is 0 Å². The van der Waals surface area contributed by atoms with Crippen molar-refractivity contribution < 1.29 is 9.53 Å². The highest BCUT2D eigenvalue weighted by molar-refractivity contribution is 7.11. The Morgan fingerprint density at radius 1 is 1.18 bits per heavy atom. The maximum Gasteiger partial charge on any atom is 0.334 e. The lowest BCUT2D eigenvalue weighted by atomic mass is 9.94. The Balaban J connectivity index is 2.16. The summed E-state index contributed by atoms with van der Waals surface area (Å²) in [6, 6.07) is 7.97. The number of esters is 1. The molecule has 0 N–H and O–H groups in total.